The molecule has 76 valence electrons. The second-order valence-corrected chi connectivity index (χ2v) is 4.02. The van der Waals surface area contributed by atoms with Gasteiger partial charge in [-0.1, -0.05) is 28.1 Å². The minimum Gasteiger partial charge on any atom is -0.325 e. The van der Waals surface area contributed by atoms with Crippen molar-refractivity contribution >= 4 is 15.9 Å². The number of nitrogens with zero attached hydrogens (tertiary/aromatic N) is 2. The van der Waals surface area contributed by atoms with Crippen LogP contribution in [-0.4, -0.2) is 9.97 Å². The van der Waals surface area contributed by atoms with Crippen LogP contribution in [0.25, 0.3) is 11.3 Å². The lowest BCUT2D eigenvalue weighted by atomic mass is 10.1. The van der Waals surface area contributed by atoms with Crippen molar-refractivity contribution in [2.24, 2.45) is 5.73 Å². The molecule has 15 heavy (non-hydrogen) atoms. The Kier molecular flexibility index (Phi) is 3.08. The van der Waals surface area contributed by atoms with Gasteiger partial charge >= 0.3 is 0 Å². The summed E-state index contributed by atoms with van der Waals surface area (Å²) in [6.07, 6.45) is 1.54. The van der Waals surface area contributed by atoms with E-state index in [1.165, 1.54) is 0 Å². The fraction of sp³-hybridized carbons (Fsp3) is 0.0909. The van der Waals surface area contributed by atoms with Gasteiger partial charge in [0.2, 0.25) is 0 Å². The van der Waals surface area contributed by atoms with Crippen LogP contribution in [0.4, 0.5) is 0 Å². The molecule has 0 saturated carbocycles. The van der Waals surface area contributed by atoms with Crippen LogP contribution in [0.1, 0.15) is 5.69 Å². The SMILES string of the molecule is NCc1cc(-c2cccc(Br)c2)ncn1. The molecule has 2 N–H and O–H groups in total. The first kappa shape index (κ1) is 10.3. The molecule has 0 radical (unpaired) electrons. The number of benzene rings is 1. The molecular weight excluding hydrogens is 254 g/mol. The normalized spacial score (nSPS) is 10.3. The average molecular weight is 264 g/mol. The molecule has 0 spiro atoms. The van der Waals surface area contributed by atoms with E-state index in [0.29, 0.717) is 6.54 Å². The summed E-state index contributed by atoms with van der Waals surface area (Å²) >= 11 is 3.43. The first-order chi connectivity index (χ1) is 7.29. The first-order valence-corrected chi connectivity index (χ1v) is 5.36. The molecule has 0 fully saturated rings. The zero-order valence-electron chi connectivity index (χ0n) is 8.02. The van der Waals surface area contributed by atoms with Gasteiger partial charge in [-0.2, -0.15) is 0 Å². The van der Waals surface area contributed by atoms with E-state index in [2.05, 4.69) is 25.9 Å². The topological polar surface area (TPSA) is 51.8 Å². The Morgan fingerprint density at radius 1 is 1.20 bits per heavy atom. The lowest BCUT2D eigenvalue weighted by molar-refractivity contribution is 0.966. The van der Waals surface area contributed by atoms with E-state index in [-0.39, 0.29) is 0 Å². The molecule has 4 heteroatoms. The largest absolute Gasteiger partial charge is 0.325 e. The molecule has 0 aliphatic rings. The summed E-state index contributed by atoms with van der Waals surface area (Å²) in [7, 11) is 0. The maximum absolute atomic E-state index is 5.53. The molecule has 0 aliphatic carbocycles. The van der Waals surface area contributed by atoms with Crippen molar-refractivity contribution < 1.29 is 0 Å². The van der Waals surface area contributed by atoms with Gasteiger partial charge in [0.05, 0.1) is 11.4 Å². The quantitative estimate of drug-likeness (QED) is 0.905. The highest BCUT2D eigenvalue weighted by atomic mass is 79.9. The number of hydrogen-bond acceptors (Lipinski definition) is 3. The van der Waals surface area contributed by atoms with Gasteiger partial charge in [-0.05, 0) is 18.2 Å². The molecule has 2 aromatic rings. The van der Waals surface area contributed by atoms with Crippen molar-refractivity contribution in [3.63, 3.8) is 0 Å². The van der Waals surface area contributed by atoms with Gasteiger partial charge in [0.15, 0.2) is 0 Å². The van der Waals surface area contributed by atoms with Gasteiger partial charge in [0.25, 0.3) is 0 Å². The Morgan fingerprint density at radius 2 is 2.07 bits per heavy atom. The van der Waals surface area contributed by atoms with E-state index in [0.717, 1.165) is 21.4 Å². The van der Waals surface area contributed by atoms with Crippen molar-refractivity contribution in [2.75, 3.05) is 0 Å². The minimum atomic E-state index is 0.434. The third kappa shape index (κ3) is 2.40. The van der Waals surface area contributed by atoms with E-state index in [1.807, 2.05) is 30.3 Å². The van der Waals surface area contributed by atoms with Crippen molar-refractivity contribution in [1.82, 2.24) is 9.97 Å². The molecule has 2 rings (SSSR count). The minimum absolute atomic E-state index is 0.434. The number of nitrogens with two attached hydrogens (primary N) is 1. The Balaban J connectivity index is 2.44. The molecule has 3 nitrogen and oxygen atoms in total. The Bertz CT molecular complexity index is 471. The van der Waals surface area contributed by atoms with Gasteiger partial charge in [-0.15, -0.1) is 0 Å². The van der Waals surface area contributed by atoms with Crippen LogP contribution < -0.4 is 5.73 Å². The molecule has 0 amide bonds. The van der Waals surface area contributed by atoms with E-state index < -0.39 is 0 Å². The second kappa shape index (κ2) is 4.51. The van der Waals surface area contributed by atoms with Gasteiger partial charge in [0.1, 0.15) is 6.33 Å². The summed E-state index contributed by atoms with van der Waals surface area (Å²) in [5.74, 6) is 0. The monoisotopic (exact) mass is 263 g/mol. The number of aromatic nitrogens is 2. The predicted octanol–water partition coefficient (Wildman–Crippen LogP) is 2.36. The maximum Gasteiger partial charge on any atom is 0.116 e. The molecule has 1 heterocycles. The second-order valence-electron chi connectivity index (χ2n) is 3.11. The van der Waals surface area contributed by atoms with E-state index in [1.54, 1.807) is 6.33 Å². The lowest BCUT2D eigenvalue weighted by Gasteiger charge is -2.02. The van der Waals surface area contributed by atoms with Gasteiger partial charge in [-0.3, -0.25) is 0 Å². The summed E-state index contributed by atoms with van der Waals surface area (Å²) in [6, 6.07) is 9.88. The molecule has 0 atom stereocenters. The molecule has 0 aliphatic heterocycles. The van der Waals surface area contributed by atoms with Gasteiger partial charge in [0, 0.05) is 16.6 Å². The summed E-state index contributed by atoms with van der Waals surface area (Å²) < 4.78 is 1.04. The van der Waals surface area contributed by atoms with Crippen LogP contribution in [0.2, 0.25) is 0 Å². The molecule has 1 aromatic heterocycles. The van der Waals surface area contributed by atoms with Crippen molar-refractivity contribution in [2.45, 2.75) is 6.54 Å². The third-order valence-electron chi connectivity index (χ3n) is 2.05. The van der Waals surface area contributed by atoms with E-state index >= 15 is 0 Å². The molecular formula is C11H10BrN3. The van der Waals surface area contributed by atoms with Crippen LogP contribution >= 0.6 is 15.9 Å². The first-order valence-electron chi connectivity index (χ1n) is 4.56. The Morgan fingerprint density at radius 3 is 2.80 bits per heavy atom. The third-order valence-corrected chi connectivity index (χ3v) is 2.55. The average Bonchev–Trinajstić information content (AvgIpc) is 2.29. The standard InChI is InChI=1S/C11H10BrN3/c12-9-3-1-2-8(4-9)11-5-10(6-13)14-7-15-11/h1-5,7H,6,13H2. The zero-order chi connectivity index (χ0) is 10.7. The highest BCUT2D eigenvalue weighted by molar-refractivity contribution is 9.10. The molecule has 1 aromatic carbocycles. The fourth-order valence-corrected chi connectivity index (χ4v) is 1.71. The zero-order valence-corrected chi connectivity index (χ0v) is 9.61. The number of rotatable bonds is 2. The van der Waals surface area contributed by atoms with Gasteiger partial charge < -0.3 is 5.73 Å². The van der Waals surface area contributed by atoms with Crippen molar-refractivity contribution in [3.05, 3.63) is 46.8 Å². The summed E-state index contributed by atoms with van der Waals surface area (Å²) in [5.41, 5.74) is 8.33. The highest BCUT2D eigenvalue weighted by Gasteiger charge is 2.01. The lowest BCUT2D eigenvalue weighted by Crippen LogP contribution is -2.00. The smallest absolute Gasteiger partial charge is 0.116 e. The summed E-state index contributed by atoms with van der Waals surface area (Å²) in [4.78, 5) is 8.27. The maximum atomic E-state index is 5.53. The molecule has 0 bridgehead atoms. The van der Waals surface area contributed by atoms with Crippen LogP contribution in [0.3, 0.4) is 0 Å². The molecule has 0 saturated heterocycles. The predicted molar refractivity (Wildman–Crippen MR) is 63.1 cm³/mol. The van der Waals surface area contributed by atoms with Gasteiger partial charge in [-0.25, -0.2) is 9.97 Å². The van der Waals surface area contributed by atoms with Crippen LogP contribution in [0.5, 0.6) is 0 Å². The summed E-state index contributed by atoms with van der Waals surface area (Å²) in [6.45, 7) is 0.434. The summed E-state index contributed by atoms with van der Waals surface area (Å²) in [5, 5.41) is 0. The number of hydrogen-bond donors (Lipinski definition) is 1. The van der Waals surface area contributed by atoms with E-state index in [9.17, 15) is 0 Å². The Labute approximate surface area is 96.5 Å². The Hall–Kier alpha value is -1.26. The fourth-order valence-electron chi connectivity index (χ4n) is 1.31. The highest BCUT2D eigenvalue weighted by Crippen LogP contribution is 2.20. The number of halogens is 1. The van der Waals surface area contributed by atoms with E-state index in [4.69, 9.17) is 5.73 Å². The van der Waals surface area contributed by atoms with Crippen LogP contribution in [0.15, 0.2) is 41.1 Å². The van der Waals surface area contributed by atoms with Crippen molar-refractivity contribution in [3.8, 4) is 11.3 Å². The van der Waals surface area contributed by atoms with Crippen LogP contribution in [0, 0.1) is 0 Å². The van der Waals surface area contributed by atoms with Crippen LogP contribution in [-0.2, 0) is 6.54 Å². The molecule has 0 unspecified atom stereocenters. The van der Waals surface area contributed by atoms with Crippen molar-refractivity contribution in [1.29, 1.82) is 0 Å².